The van der Waals surface area contributed by atoms with Gasteiger partial charge in [-0.2, -0.15) is 5.26 Å². The lowest BCUT2D eigenvalue weighted by molar-refractivity contribution is -0.146. The first-order chi connectivity index (χ1) is 11.0. The molecule has 0 bridgehead atoms. The predicted molar refractivity (Wildman–Crippen MR) is 86.4 cm³/mol. The number of ether oxygens (including phenoxy) is 1. The number of aryl methyl sites for hydroxylation is 1. The largest absolute Gasteiger partial charge is 0.465 e. The minimum atomic E-state index is -1.19. The zero-order valence-corrected chi connectivity index (χ0v) is 14.0. The SMILES string of the molecule is CCOC(=O)C(C=O)c1cc(Br)c2nc(NN)n(C)c2c1C#N. The van der Waals surface area contributed by atoms with Crippen LogP contribution in [0.25, 0.3) is 11.0 Å². The number of aldehydes is 1. The molecule has 1 atom stereocenters. The van der Waals surface area contributed by atoms with E-state index in [0.29, 0.717) is 27.7 Å². The number of imidazole rings is 1. The van der Waals surface area contributed by atoms with Gasteiger partial charge in [0.2, 0.25) is 5.95 Å². The van der Waals surface area contributed by atoms with Gasteiger partial charge >= 0.3 is 5.97 Å². The number of carbonyl (C=O) groups is 2. The summed E-state index contributed by atoms with van der Waals surface area (Å²) >= 11 is 3.35. The molecular weight excluding hydrogens is 366 g/mol. The van der Waals surface area contributed by atoms with Crippen LogP contribution in [0.2, 0.25) is 0 Å². The number of rotatable bonds is 5. The predicted octanol–water partition coefficient (Wildman–Crippen LogP) is 1.34. The van der Waals surface area contributed by atoms with E-state index in [4.69, 9.17) is 10.6 Å². The highest BCUT2D eigenvalue weighted by molar-refractivity contribution is 9.10. The minimum absolute atomic E-state index is 0.140. The zero-order chi connectivity index (χ0) is 17.1. The van der Waals surface area contributed by atoms with Crippen LogP contribution in [0.4, 0.5) is 5.95 Å². The lowest BCUT2D eigenvalue weighted by Crippen LogP contribution is -2.18. The van der Waals surface area contributed by atoms with Crippen LogP contribution in [0.1, 0.15) is 24.0 Å². The molecule has 0 aliphatic rings. The average molecular weight is 380 g/mol. The summed E-state index contributed by atoms with van der Waals surface area (Å²) in [6.07, 6.45) is 0.463. The quantitative estimate of drug-likeness (QED) is 0.264. The Morgan fingerprint density at radius 3 is 2.91 bits per heavy atom. The fraction of sp³-hybridized carbons (Fsp3) is 0.286. The number of hydrogen-bond donors (Lipinski definition) is 2. The molecule has 2 rings (SSSR count). The number of nitrogens with zero attached hydrogens (tertiary/aromatic N) is 3. The summed E-state index contributed by atoms with van der Waals surface area (Å²) in [5.41, 5.74) is 3.81. The molecule has 9 heteroatoms. The fourth-order valence-electron chi connectivity index (χ4n) is 2.34. The van der Waals surface area contributed by atoms with E-state index in [2.05, 4.69) is 26.3 Å². The van der Waals surface area contributed by atoms with E-state index in [1.807, 2.05) is 6.07 Å². The summed E-state index contributed by atoms with van der Waals surface area (Å²) in [7, 11) is 1.67. The Hall–Kier alpha value is -2.44. The van der Waals surface area contributed by atoms with Crippen LogP contribution in [0.15, 0.2) is 10.5 Å². The number of anilines is 1. The van der Waals surface area contributed by atoms with Crippen molar-refractivity contribution in [2.45, 2.75) is 12.8 Å². The number of halogens is 1. The Morgan fingerprint density at radius 1 is 1.70 bits per heavy atom. The van der Waals surface area contributed by atoms with Crippen LogP contribution < -0.4 is 11.3 Å². The number of benzene rings is 1. The molecule has 1 heterocycles. The summed E-state index contributed by atoms with van der Waals surface area (Å²) in [6, 6.07) is 3.57. The van der Waals surface area contributed by atoms with Crippen LogP contribution in [0, 0.1) is 11.3 Å². The van der Waals surface area contributed by atoms with E-state index < -0.39 is 11.9 Å². The molecule has 0 spiro atoms. The van der Waals surface area contributed by atoms with Crippen molar-refractivity contribution in [2.75, 3.05) is 12.0 Å². The molecule has 0 saturated heterocycles. The maximum Gasteiger partial charge on any atom is 0.320 e. The van der Waals surface area contributed by atoms with E-state index in [1.165, 1.54) is 6.07 Å². The molecule has 3 N–H and O–H groups in total. The van der Waals surface area contributed by atoms with Gasteiger partial charge in [0.25, 0.3) is 0 Å². The summed E-state index contributed by atoms with van der Waals surface area (Å²) in [5.74, 6) is 3.86. The number of hydrazine groups is 1. The summed E-state index contributed by atoms with van der Waals surface area (Å²) in [6.45, 7) is 1.78. The second-order valence-electron chi connectivity index (χ2n) is 4.64. The van der Waals surface area contributed by atoms with Crippen LogP contribution in [0.5, 0.6) is 0 Å². The van der Waals surface area contributed by atoms with Gasteiger partial charge in [-0.3, -0.25) is 10.2 Å². The maximum absolute atomic E-state index is 12.0. The molecule has 0 radical (unpaired) electrons. The lowest BCUT2D eigenvalue weighted by Gasteiger charge is -2.13. The molecule has 1 aromatic heterocycles. The maximum atomic E-state index is 12.0. The molecule has 0 amide bonds. The highest BCUT2D eigenvalue weighted by atomic mass is 79.9. The van der Waals surface area contributed by atoms with Crippen LogP contribution in [-0.4, -0.2) is 28.4 Å². The fourth-order valence-corrected chi connectivity index (χ4v) is 2.87. The number of nitrogen functional groups attached to an aromatic ring is 1. The van der Waals surface area contributed by atoms with Gasteiger partial charge in [-0.15, -0.1) is 0 Å². The third-order valence-electron chi connectivity index (χ3n) is 3.38. The number of hydrogen-bond acceptors (Lipinski definition) is 7. The van der Waals surface area contributed by atoms with Gasteiger partial charge < -0.3 is 14.1 Å². The molecule has 0 saturated carbocycles. The number of nitriles is 1. The first kappa shape index (κ1) is 16.9. The summed E-state index contributed by atoms with van der Waals surface area (Å²) < 4.78 is 7.02. The van der Waals surface area contributed by atoms with Crippen molar-refractivity contribution in [3.63, 3.8) is 0 Å². The molecular formula is C14H14BrN5O3. The monoisotopic (exact) mass is 379 g/mol. The average Bonchev–Trinajstić information content (AvgIpc) is 2.86. The van der Waals surface area contributed by atoms with E-state index in [9.17, 15) is 14.9 Å². The Labute approximate surface area is 140 Å². The summed E-state index contributed by atoms with van der Waals surface area (Å²) in [4.78, 5) is 27.7. The highest BCUT2D eigenvalue weighted by Gasteiger charge is 2.28. The Kier molecular flexibility index (Phi) is 4.98. The molecule has 120 valence electrons. The Morgan fingerprint density at radius 2 is 2.39 bits per heavy atom. The van der Waals surface area contributed by atoms with E-state index >= 15 is 0 Å². The number of carbonyl (C=O) groups excluding carboxylic acids is 2. The second-order valence-corrected chi connectivity index (χ2v) is 5.49. The number of nitrogens with one attached hydrogen (secondary N) is 1. The van der Waals surface area contributed by atoms with Crippen molar-refractivity contribution in [1.82, 2.24) is 9.55 Å². The zero-order valence-electron chi connectivity index (χ0n) is 12.5. The van der Waals surface area contributed by atoms with E-state index in [1.54, 1.807) is 18.5 Å². The van der Waals surface area contributed by atoms with E-state index in [-0.39, 0.29) is 17.7 Å². The highest BCUT2D eigenvalue weighted by Crippen LogP contribution is 2.34. The smallest absolute Gasteiger partial charge is 0.320 e. The number of fused-ring (bicyclic) bond motifs is 1. The second kappa shape index (κ2) is 6.76. The Balaban J connectivity index is 2.79. The lowest BCUT2D eigenvalue weighted by atomic mass is 9.94. The van der Waals surface area contributed by atoms with Gasteiger partial charge in [0, 0.05) is 11.5 Å². The first-order valence-electron chi connectivity index (χ1n) is 6.67. The number of esters is 1. The van der Waals surface area contributed by atoms with Gasteiger partial charge in [0.1, 0.15) is 23.8 Å². The topological polar surface area (TPSA) is 123 Å². The molecule has 2 aromatic rings. The van der Waals surface area contributed by atoms with Crippen LogP contribution in [-0.2, 0) is 21.4 Å². The third-order valence-corrected chi connectivity index (χ3v) is 3.99. The normalized spacial score (nSPS) is 11.8. The van der Waals surface area contributed by atoms with Gasteiger partial charge in [-0.1, -0.05) is 0 Å². The van der Waals surface area contributed by atoms with Crippen LogP contribution >= 0.6 is 15.9 Å². The molecule has 0 aliphatic carbocycles. The van der Waals surface area contributed by atoms with Crippen molar-refractivity contribution >= 4 is 45.2 Å². The molecule has 0 fully saturated rings. The summed E-state index contributed by atoms with van der Waals surface area (Å²) in [5, 5.41) is 9.54. The standard InChI is InChI=1S/C14H14BrN5O3/c1-3-23-13(22)9(6-21)7-4-10(15)11-12(8(7)5-16)20(2)14(18-11)19-17/h4,6,9H,3,17H2,1-2H3,(H,18,19). The molecule has 23 heavy (non-hydrogen) atoms. The van der Waals surface area contributed by atoms with Gasteiger partial charge in [0.05, 0.1) is 17.7 Å². The molecule has 1 aromatic carbocycles. The Bertz CT molecular complexity index is 824. The number of nitrogens with two attached hydrogens (primary N) is 1. The van der Waals surface area contributed by atoms with Crippen molar-refractivity contribution < 1.29 is 14.3 Å². The van der Waals surface area contributed by atoms with Crippen molar-refractivity contribution in [2.24, 2.45) is 12.9 Å². The van der Waals surface area contributed by atoms with Crippen molar-refractivity contribution in [1.29, 1.82) is 5.26 Å². The van der Waals surface area contributed by atoms with Crippen molar-refractivity contribution in [3.05, 3.63) is 21.7 Å². The molecule has 0 aliphatic heterocycles. The van der Waals surface area contributed by atoms with Gasteiger partial charge in [0.15, 0.2) is 0 Å². The van der Waals surface area contributed by atoms with Gasteiger partial charge in [-0.25, -0.2) is 10.8 Å². The first-order valence-corrected chi connectivity index (χ1v) is 7.46. The molecule has 1 unspecified atom stereocenters. The number of aromatic nitrogens is 2. The van der Waals surface area contributed by atoms with E-state index in [0.717, 1.165) is 0 Å². The van der Waals surface area contributed by atoms with Gasteiger partial charge in [-0.05, 0) is 34.5 Å². The minimum Gasteiger partial charge on any atom is -0.465 e. The van der Waals surface area contributed by atoms with Crippen molar-refractivity contribution in [3.8, 4) is 6.07 Å². The van der Waals surface area contributed by atoms with Crippen LogP contribution in [0.3, 0.4) is 0 Å². The molecule has 8 nitrogen and oxygen atoms in total. The third kappa shape index (κ3) is 2.78.